The van der Waals surface area contributed by atoms with E-state index in [-0.39, 0.29) is 12.5 Å². The van der Waals surface area contributed by atoms with Gasteiger partial charge in [0.05, 0.1) is 17.5 Å². The summed E-state index contributed by atoms with van der Waals surface area (Å²) in [5.74, 6) is -0.174. The van der Waals surface area contributed by atoms with Crippen molar-refractivity contribution in [3.8, 4) is 0 Å². The highest BCUT2D eigenvalue weighted by Gasteiger charge is 2.30. The fourth-order valence-corrected chi connectivity index (χ4v) is 1.89. The van der Waals surface area contributed by atoms with Crippen LogP contribution >= 0.6 is 0 Å². The van der Waals surface area contributed by atoms with Crippen molar-refractivity contribution in [2.75, 3.05) is 0 Å². The van der Waals surface area contributed by atoms with Gasteiger partial charge in [-0.3, -0.25) is 0 Å². The standard InChI is InChI=1S/C14H14F3N5/c15-14(16,17)11-4-1-3-10(7-11)9-22-6-2-5-12(22)8-20-21-13(18)19/h1-8H,9H2,(H4,18,19,21)/b20-8+. The van der Waals surface area contributed by atoms with Gasteiger partial charge >= 0.3 is 6.18 Å². The molecule has 116 valence electrons. The van der Waals surface area contributed by atoms with Gasteiger partial charge in [-0.25, -0.2) is 0 Å². The van der Waals surface area contributed by atoms with Crippen molar-refractivity contribution in [3.63, 3.8) is 0 Å². The number of nitrogens with two attached hydrogens (primary N) is 2. The van der Waals surface area contributed by atoms with Crippen molar-refractivity contribution < 1.29 is 13.2 Å². The molecule has 0 amide bonds. The van der Waals surface area contributed by atoms with Crippen LogP contribution in [0, 0.1) is 0 Å². The molecular formula is C14H14F3N5. The predicted octanol–water partition coefficient (Wildman–Crippen LogP) is 2.16. The summed E-state index contributed by atoms with van der Waals surface area (Å²) in [6.07, 6.45) is -1.20. The first kappa shape index (κ1) is 15.6. The number of hydrogen-bond acceptors (Lipinski definition) is 2. The van der Waals surface area contributed by atoms with Crippen LogP contribution in [0.15, 0.2) is 52.8 Å². The van der Waals surface area contributed by atoms with Gasteiger partial charge in [0.1, 0.15) is 0 Å². The van der Waals surface area contributed by atoms with Crippen LogP contribution in [0.3, 0.4) is 0 Å². The Labute approximate surface area is 124 Å². The second-order valence-electron chi connectivity index (χ2n) is 4.53. The molecule has 0 aliphatic heterocycles. The minimum absolute atomic E-state index is 0.174. The summed E-state index contributed by atoms with van der Waals surface area (Å²) < 4.78 is 39.8. The lowest BCUT2D eigenvalue weighted by Gasteiger charge is -2.10. The van der Waals surface area contributed by atoms with Gasteiger partial charge in [0.15, 0.2) is 0 Å². The Bertz CT molecular complexity index is 696. The van der Waals surface area contributed by atoms with Crippen LogP contribution in [0.25, 0.3) is 0 Å². The maximum absolute atomic E-state index is 12.7. The zero-order valence-electron chi connectivity index (χ0n) is 11.5. The molecule has 0 bridgehead atoms. The van der Waals surface area contributed by atoms with Gasteiger partial charge < -0.3 is 16.0 Å². The van der Waals surface area contributed by atoms with E-state index in [1.54, 1.807) is 29.0 Å². The van der Waals surface area contributed by atoms with Gasteiger partial charge in [-0.1, -0.05) is 12.1 Å². The summed E-state index contributed by atoms with van der Waals surface area (Å²) in [5, 5.41) is 7.16. The van der Waals surface area contributed by atoms with E-state index in [1.165, 1.54) is 12.3 Å². The molecule has 0 radical (unpaired) electrons. The van der Waals surface area contributed by atoms with E-state index in [9.17, 15) is 13.2 Å². The highest BCUT2D eigenvalue weighted by Crippen LogP contribution is 2.29. The Hall–Kier alpha value is -2.77. The monoisotopic (exact) mass is 309 g/mol. The van der Waals surface area contributed by atoms with Gasteiger partial charge in [-0.15, -0.1) is 5.10 Å². The SMILES string of the molecule is NC(N)=N/N=C/c1cccn1Cc1cccc(C(F)(F)F)c1. The highest BCUT2D eigenvalue weighted by atomic mass is 19.4. The number of aromatic nitrogens is 1. The Balaban J connectivity index is 2.20. The quantitative estimate of drug-likeness (QED) is 0.515. The lowest BCUT2D eigenvalue weighted by Crippen LogP contribution is -2.21. The van der Waals surface area contributed by atoms with E-state index in [4.69, 9.17) is 11.5 Å². The molecule has 1 heterocycles. The van der Waals surface area contributed by atoms with Crippen LogP contribution in [-0.4, -0.2) is 16.7 Å². The Morgan fingerprint density at radius 1 is 1.18 bits per heavy atom. The van der Waals surface area contributed by atoms with Gasteiger partial charge in [0, 0.05) is 12.7 Å². The first-order valence-corrected chi connectivity index (χ1v) is 6.29. The number of halogens is 3. The average Bonchev–Trinajstić information content (AvgIpc) is 2.85. The molecule has 0 aliphatic rings. The van der Waals surface area contributed by atoms with Crippen LogP contribution in [-0.2, 0) is 12.7 Å². The van der Waals surface area contributed by atoms with Crippen LogP contribution in [0.5, 0.6) is 0 Å². The molecule has 2 aromatic rings. The first-order valence-electron chi connectivity index (χ1n) is 6.29. The molecule has 1 aromatic heterocycles. The fraction of sp³-hybridized carbons (Fsp3) is 0.143. The topological polar surface area (TPSA) is 81.7 Å². The highest BCUT2D eigenvalue weighted by molar-refractivity contribution is 5.80. The van der Waals surface area contributed by atoms with Crippen molar-refractivity contribution in [1.29, 1.82) is 0 Å². The van der Waals surface area contributed by atoms with Crippen molar-refractivity contribution in [3.05, 3.63) is 59.4 Å². The van der Waals surface area contributed by atoms with Gasteiger partial charge in [0.25, 0.3) is 0 Å². The smallest absolute Gasteiger partial charge is 0.369 e. The van der Waals surface area contributed by atoms with E-state index >= 15 is 0 Å². The number of rotatable bonds is 4. The Morgan fingerprint density at radius 2 is 1.95 bits per heavy atom. The number of guanidine groups is 1. The van der Waals surface area contributed by atoms with Crippen LogP contribution in [0.1, 0.15) is 16.8 Å². The first-order chi connectivity index (χ1) is 10.4. The molecule has 0 aliphatic carbocycles. The number of hydrogen-bond donors (Lipinski definition) is 2. The van der Waals surface area contributed by atoms with Gasteiger partial charge in [-0.05, 0) is 29.8 Å². The molecule has 22 heavy (non-hydrogen) atoms. The summed E-state index contributed by atoms with van der Waals surface area (Å²) >= 11 is 0. The summed E-state index contributed by atoms with van der Waals surface area (Å²) in [5.41, 5.74) is 10.8. The molecular weight excluding hydrogens is 295 g/mol. The molecule has 2 rings (SSSR count). The lowest BCUT2D eigenvalue weighted by atomic mass is 10.1. The largest absolute Gasteiger partial charge is 0.416 e. The van der Waals surface area contributed by atoms with Crippen molar-refractivity contribution in [2.24, 2.45) is 21.7 Å². The summed E-state index contributed by atoms with van der Waals surface area (Å²) in [6, 6.07) is 8.68. The molecule has 0 unspecified atom stereocenters. The molecule has 0 spiro atoms. The fourth-order valence-electron chi connectivity index (χ4n) is 1.89. The van der Waals surface area contributed by atoms with Crippen LogP contribution in [0.4, 0.5) is 13.2 Å². The second kappa shape index (κ2) is 6.33. The molecule has 8 heteroatoms. The van der Waals surface area contributed by atoms with Crippen LogP contribution < -0.4 is 11.5 Å². The third kappa shape index (κ3) is 4.11. The lowest BCUT2D eigenvalue weighted by molar-refractivity contribution is -0.137. The van der Waals surface area contributed by atoms with Gasteiger partial charge in [-0.2, -0.15) is 18.3 Å². The Kier molecular flexibility index (Phi) is 4.50. The molecule has 0 saturated carbocycles. The van der Waals surface area contributed by atoms with E-state index in [2.05, 4.69) is 10.2 Å². The third-order valence-corrected chi connectivity index (χ3v) is 2.84. The average molecular weight is 309 g/mol. The van der Waals surface area contributed by atoms with E-state index in [1.807, 2.05) is 0 Å². The number of alkyl halides is 3. The number of nitrogens with zero attached hydrogens (tertiary/aromatic N) is 3. The molecule has 0 atom stereocenters. The Morgan fingerprint density at radius 3 is 2.64 bits per heavy atom. The maximum Gasteiger partial charge on any atom is 0.416 e. The molecule has 1 aromatic carbocycles. The molecule has 0 fully saturated rings. The predicted molar refractivity (Wildman–Crippen MR) is 78.4 cm³/mol. The van der Waals surface area contributed by atoms with E-state index < -0.39 is 11.7 Å². The van der Waals surface area contributed by atoms with E-state index in [0.29, 0.717) is 11.3 Å². The third-order valence-electron chi connectivity index (χ3n) is 2.84. The molecule has 0 saturated heterocycles. The van der Waals surface area contributed by atoms with Crippen molar-refractivity contribution >= 4 is 12.2 Å². The van der Waals surface area contributed by atoms with E-state index in [0.717, 1.165) is 12.1 Å². The van der Waals surface area contributed by atoms with Crippen molar-refractivity contribution in [1.82, 2.24) is 4.57 Å². The maximum atomic E-state index is 12.7. The normalized spacial score (nSPS) is 11.8. The minimum atomic E-state index is -4.36. The zero-order chi connectivity index (χ0) is 16.2. The molecule has 5 nitrogen and oxygen atoms in total. The minimum Gasteiger partial charge on any atom is -0.369 e. The second-order valence-corrected chi connectivity index (χ2v) is 4.53. The zero-order valence-corrected chi connectivity index (χ0v) is 11.5. The summed E-state index contributed by atoms with van der Waals surface area (Å²) in [6.45, 7) is 0.278. The van der Waals surface area contributed by atoms with Crippen LogP contribution in [0.2, 0.25) is 0 Å². The van der Waals surface area contributed by atoms with Crippen molar-refractivity contribution in [2.45, 2.75) is 12.7 Å². The summed E-state index contributed by atoms with van der Waals surface area (Å²) in [4.78, 5) is 0. The number of benzene rings is 1. The van der Waals surface area contributed by atoms with Gasteiger partial charge in [0.2, 0.25) is 5.96 Å². The molecule has 4 N–H and O–H groups in total. The summed E-state index contributed by atoms with van der Waals surface area (Å²) in [7, 11) is 0.